The number of carbonyl (C=O) groups excluding carboxylic acids is 2. The quantitative estimate of drug-likeness (QED) is 0.846. The lowest BCUT2D eigenvalue weighted by molar-refractivity contribution is -0.139. The lowest BCUT2D eigenvalue weighted by atomic mass is 9.94. The molecule has 26 heavy (non-hydrogen) atoms. The molecule has 134 valence electrons. The Morgan fingerprint density at radius 2 is 1.81 bits per heavy atom. The monoisotopic (exact) mass is 354 g/mol. The lowest BCUT2D eigenvalue weighted by Crippen LogP contribution is -2.48. The van der Waals surface area contributed by atoms with E-state index in [2.05, 4.69) is 5.32 Å². The van der Waals surface area contributed by atoms with Crippen LogP contribution >= 0.6 is 0 Å². The standard InChI is InChI=1S/C20H19FN2O3/c1-3-26-19(24)17-13(2)23(14-9-5-4-6-10-14)20(25)22-18(17)15-11-7-8-12-16(15)21/h4-12,18H,3H2,1-2H3,(H,22,25). The zero-order valence-corrected chi connectivity index (χ0v) is 14.5. The number of rotatable bonds is 4. The van der Waals surface area contributed by atoms with Crippen molar-refractivity contribution >= 4 is 17.7 Å². The van der Waals surface area contributed by atoms with Crippen molar-refractivity contribution in [3.63, 3.8) is 0 Å². The molecule has 0 radical (unpaired) electrons. The molecular weight excluding hydrogens is 335 g/mol. The minimum absolute atomic E-state index is 0.179. The van der Waals surface area contributed by atoms with Crippen molar-refractivity contribution in [2.24, 2.45) is 0 Å². The van der Waals surface area contributed by atoms with E-state index in [-0.39, 0.29) is 17.7 Å². The molecule has 2 amide bonds. The second-order valence-corrected chi connectivity index (χ2v) is 5.79. The average Bonchev–Trinajstić information content (AvgIpc) is 2.62. The highest BCUT2D eigenvalue weighted by Gasteiger charge is 2.38. The van der Waals surface area contributed by atoms with Crippen molar-refractivity contribution in [3.8, 4) is 0 Å². The van der Waals surface area contributed by atoms with Crippen LogP contribution in [0.3, 0.4) is 0 Å². The number of nitrogens with one attached hydrogen (secondary N) is 1. The van der Waals surface area contributed by atoms with E-state index in [1.54, 1.807) is 56.3 Å². The minimum Gasteiger partial charge on any atom is -0.463 e. The first kappa shape index (κ1) is 17.7. The first-order valence-electron chi connectivity index (χ1n) is 8.32. The van der Waals surface area contributed by atoms with Gasteiger partial charge in [-0.25, -0.2) is 14.0 Å². The number of amides is 2. The minimum atomic E-state index is -0.914. The molecule has 0 saturated heterocycles. The SMILES string of the molecule is CCOC(=O)C1=C(C)N(c2ccccc2)C(=O)NC1c1ccccc1F. The maximum atomic E-state index is 14.3. The fourth-order valence-corrected chi connectivity index (χ4v) is 3.05. The number of para-hydroxylation sites is 1. The van der Waals surface area contributed by atoms with Gasteiger partial charge in [0.25, 0.3) is 0 Å². The molecule has 1 aliphatic heterocycles. The number of hydrogen-bond acceptors (Lipinski definition) is 3. The van der Waals surface area contributed by atoms with E-state index >= 15 is 0 Å². The predicted octanol–water partition coefficient (Wildman–Crippen LogP) is 3.93. The summed E-state index contributed by atoms with van der Waals surface area (Å²) in [5, 5.41) is 2.73. The molecule has 0 aliphatic carbocycles. The van der Waals surface area contributed by atoms with Gasteiger partial charge < -0.3 is 10.1 Å². The number of nitrogens with zero attached hydrogens (tertiary/aromatic N) is 1. The molecule has 1 atom stereocenters. The summed E-state index contributed by atoms with van der Waals surface area (Å²) in [6.45, 7) is 3.53. The Kier molecular flexibility index (Phi) is 5.02. The molecule has 5 nitrogen and oxygen atoms in total. The van der Waals surface area contributed by atoms with Gasteiger partial charge in [0, 0.05) is 11.3 Å². The van der Waals surface area contributed by atoms with Crippen LogP contribution < -0.4 is 10.2 Å². The summed E-state index contributed by atoms with van der Waals surface area (Å²) in [5.74, 6) is -1.08. The number of benzene rings is 2. The Hall–Kier alpha value is -3.15. The van der Waals surface area contributed by atoms with E-state index in [4.69, 9.17) is 4.74 Å². The van der Waals surface area contributed by atoms with E-state index in [0.717, 1.165) is 0 Å². The molecule has 0 bridgehead atoms. The zero-order valence-electron chi connectivity index (χ0n) is 14.5. The summed E-state index contributed by atoms with van der Waals surface area (Å²) in [4.78, 5) is 26.7. The van der Waals surface area contributed by atoms with Crippen molar-refractivity contribution in [1.82, 2.24) is 5.32 Å². The van der Waals surface area contributed by atoms with Gasteiger partial charge in [0.2, 0.25) is 0 Å². The number of hydrogen-bond donors (Lipinski definition) is 1. The molecule has 1 N–H and O–H groups in total. The number of esters is 1. The molecule has 1 heterocycles. The van der Waals surface area contributed by atoms with Crippen molar-refractivity contribution in [2.75, 3.05) is 11.5 Å². The maximum Gasteiger partial charge on any atom is 0.338 e. The highest BCUT2D eigenvalue weighted by molar-refractivity contribution is 6.03. The van der Waals surface area contributed by atoms with Crippen LogP contribution in [0.5, 0.6) is 0 Å². The number of carbonyl (C=O) groups is 2. The molecule has 2 aromatic carbocycles. The fraction of sp³-hybridized carbons (Fsp3) is 0.200. The van der Waals surface area contributed by atoms with Crippen molar-refractivity contribution in [3.05, 3.63) is 77.2 Å². The second-order valence-electron chi connectivity index (χ2n) is 5.79. The maximum absolute atomic E-state index is 14.3. The van der Waals surface area contributed by atoms with Gasteiger partial charge in [0.05, 0.1) is 23.9 Å². The summed E-state index contributed by atoms with van der Waals surface area (Å²) in [7, 11) is 0. The molecule has 6 heteroatoms. The van der Waals surface area contributed by atoms with Gasteiger partial charge in [-0.2, -0.15) is 0 Å². The average molecular weight is 354 g/mol. The summed E-state index contributed by atoms with van der Waals surface area (Å²) in [6, 6.07) is 13.6. The van der Waals surface area contributed by atoms with Gasteiger partial charge in [-0.1, -0.05) is 36.4 Å². The summed E-state index contributed by atoms with van der Waals surface area (Å²) >= 11 is 0. The van der Waals surface area contributed by atoms with Crippen molar-refractivity contribution in [2.45, 2.75) is 19.9 Å². The molecular formula is C20H19FN2O3. The van der Waals surface area contributed by atoms with Crippen molar-refractivity contribution < 1.29 is 18.7 Å². The van der Waals surface area contributed by atoms with Gasteiger partial charge in [0.15, 0.2) is 0 Å². The van der Waals surface area contributed by atoms with E-state index in [9.17, 15) is 14.0 Å². The number of allylic oxidation sites excluding steroid dienone is 1. The highest BCUT2D eigenvalue weighted by atomic mass is 19.1. The van der Waals surface area contributed by atoms with Crippen LogP contribution in [0.4, 0.5) is 14.9 Å². The number of anilines is 1. The number of urea groups is 1. The summed E-state index contributed by atoms with van der Waals surface area (Å²) < 4.78 is 19.5. The van der Waals surface area contributed by atoms with Gasteiger partial charge >= 0.3 is 12.0 Å². The fourth-order valence-electron chi connectivity index (χ4n) is 3.05. The second kappa shape index (κ2) is 7.39. The Morgan fingerprint density at radius 1 is 1.15 bits per heavy atom. The van der Waals surface area contributed by atoms with E-state index in [0.29, 0.717) is 11.4 Å². The van der Waals surface area contributed by atoms with Gasteiger partial charge in [0.1, 0.15) is 5.82 Å². The van der Waals surface area contributed by atoms with Gasteiger partial charge in [-0.15, -0.1) is 0 Å². The molecule has 3 rings (SSSR count). The topological polar surface area (TPSA) is 58.6 Å². The first-order chi connectivity index (χ1) is 12.5. The van der Waals surface area contributed by atoms with Gasteiger partial charge in [-0.3, -0.25) is 4.90 Å². The Bertz CT molecular complexity index is 864. The Labute approximate surface area is 151 Å². The van der Waals surface area contributed by atoms with Crippen LogP contribution in [0.1, 0.15) is 25.5 Å². The smallest absolute Gasteiger partial charge is 0.338 e. The number of halogens is 1. The zero-order chi connectivity index (χ0) is 18.7. The third kappa shape index (κ3) is 3.18. The van der Waals surface area contributed by atoms with E-state index in [1.165, 1.54) is 11.0 Å². The van der Waals surface area contributed by atoms with Crippen LogP contribution in [0, 0.1) is 5.82 Å². The third-order valence-electron chi connectivity index (χ3n) is 4.21. The molecule has 0 spiro atoms. The van der Waals surface area contributed by atoms with Gasteiger partial charge in [-0.05, 0) is 32.0 Å². The lowest BCUT2D eigenvalue weighted by Gasteiger charge is -2.35. The molecule has 1 unspecified atom stereocenters. The molecule has 0 aromatic heterocycles. The largest absolute Gasteiger partial charge is 0.463 e. The third-order valence-corrected chi connectivity index (χ3v) is 4.21. The first-order valence-corrected chi connectivity index (χ1v) is 8.32. The molecule has 1 aliphatic rings. The van der Waals surface area contributed by atoms with Crippen LogP contribution in [-0.4, -0.2) is 18.6 Å². The van der Waals surface area contributed by atoms with Crippen LogP contribution in [0.2, 0.25) is 0 Å². The van der Waals surface area contributed by atoms with E-state index < -0.39 is 23.9 Å². The predicted molar refractivity (Wildman–Crippen MR) is 95.9 cm³/mol. The number of ether oxygens (including phenoxy) is 1. The molecule has 2 aromatic rings. The van der Waals surface area contributed by atoms with Crippen LogP contribution in [0.25, 0.3) is 0 Å². The van der Waals surface area contributed by atoms with E-state index in [1.807, 2.05) is 6.07 Å². The van der Waals surface area contributed by atoms with Crippen LogP contribution in [0.15, 0.2) is 65.9 Å². The van der Waals surface area contributed by atoms with Crippen molar-refractivity contribution in [1.29, 1.82) is 0 Å². The molecule has 0 saturated carbocycles. The highest BCUT2D eigenvalue weighted by Crippen LogP contribution is 2.34. The Morgan fingerprint density at radius 3 is 2.46 bits per heavy atom. The normalized spacial score (nSPS) is 17.1. The summed E-state index contributed by atoms with van der Waals surface area (Å²) in [5.41, 5.74) is 1.44. The molecule has 0 fully saturated rings. The van der Waals surface area contributed by atoms with Crippen LogP contribution in [-0.2, 0) is 9.53 Å². The Balaban J connectivity index is 2.15. The summed E-state index contributed by atoms with van der Waals surface area (Å²) in [6.07, 6.45) is 0.